The number of halogens is 1. The number of alkyl halides is 1. The van der Waals surface area contributed by atoms with E-state index < -0.39 is 5.67 Å². The molecule has 0 amide bonds. The lowest BCUT2D eigenvalue weighted by Crippen LogP contribution is -2.46. The van der Waals surface area contributed by atoms with Crippen molar-refractivity contribution in [3.8, 4) is 11.3 Å². The largest absolute Gasteiger partial charge is 0.366 e. The SMILES string of the molecule is COCn1cc(-c2cc3ncccc3c(NC[C@]3(F)CCCNC3)n2)cn1. The molecule has 8 heteroatoms. The van der Waals surface area contributed by atoms with Crippen LogP contribution in [-0.4, -0.2) is 52.2 Å². The molecule has 142 valence electrons. The Bertz CT molecular complexity index is 921. The van der Waals surface area contributed by atoms with Crippen LogP contribution in [0.3, 0.4) is 0 Å². The van der Waals surface area contributed by atoms with Gasteiger partial charge in [0.05, 0.1) is 24.0 Å². The highest BCUT2D eigenvalue weighted by Crippen LogP contribution is 2.28. The van der Waals surface area contributed by atoms with Gasteiger partial charge < -0.3 is 15.4 Å². The minimum absolute atomic E-state index is 0.212. The molecule has 0 unspecified atom stereocenters. The smallest absolute Gasteiger partial charge is 0.140 e. The van der Waals surface area contributed by atoms with Gasteiger partial charge in [-0.15, -0.1) is 0 Å². The first-order valence-electron chi connectivity index (χ1n) is 9.08. The molecule has 0 saturated carbocycles. The molecule has 3 aromatic heterocycles. The highest BCUT2D eigenvalue weighted by molar-refractivity contribution is 5.91. The monoisotopic (exact) mass is 370 g/mol. The van der Waals surface area contributed by atoms with E-state index in [1.54, 1.807) is 24.2 Å². The molecular formula is C19H23FN6O. The fourth-order valence-electron chi connectivity index (χ4n) is 3.38. The minimum Gasteiger partial charge on any atom is -0.366 e. The summed E-state index contributed by atoms with van der Waals surface area (Å²) in [6, 6.07) is 5.72. The van der Waals surface area contributed by atoms with Crippen molar-refractivity contribution in [3.63, 3.8) is 0 Å². The topological polar surface area (TPSA) is 76.9 Å². The third-order valence-electron chi connectivity index (χ3n) is 4.78. The Kier molecular flexibility index (Phi) is 5.00. The lowest BCUT2D eigenvalue weighted by molar-refractivity contribution is 0.120. The normalized spacial score (nSPS) is 20.1. The second-order valence-electron chi connectivity index (χ2n) is 6.90. The maximum absolute atomic E-state index is 15.0. The first-order chi connectivity index (χ1) is 13.2. The summed E-state index contributed by atoms with van der Waals surface area (Å²) in [7, 11) is 1.62. The van der Waals surface area contributed by atoms with Crippen molar-refractivity contribution in [2.75, 3.05) is 32.1 Å². The van der Waals surface area contributed by atoms with Gasteiger partial charge >= 0.3 is 0 Å². The van der Waals surface area contributed by atoms with Gasteiger partial charge in [0.2, 0.25) is 0 Å². The number of nitrogens with one attached hydrogen (secondary N) is 2. The number of hydrogen-bond acceptors (Lipinski definition) is 6. The summed E-state index contributed by atoms with van der Waals surface area (Å²) in [5, 5.41) is 11.5. The molecule has 0 bridgehead atoms. The second kappa shape index (κ2) is 7.58. The van der Waals surface area contributed by atoms with Crippen molar-refractivity contribution in [2.24, 2.45) is 0 Å². The Morgan fingerprint density at radius 1 is 1.44 bits per heavy atom. The molecule has 7 nitrogen and oxygen atoms in total. The van der Waals surface area contributed by atoms with Gasteiger partial charge in [-0.05, 0) is 37.6 Å². The number of rotatable bonds is 6. The van der Waals surface area contributed by atoms with Crippen molar-refractivity contribution in [2.45, 2.75) is 25.2 Å². The summed E-state index contributed by atoms with van der Waals surface area (Å²) in [4.78, 5) is 9.17. The zero-order valence-electron chi connectivity index (χ0n) is 15.3. The van der Waals surface area contributed by atoms with E-state index in [1.165, 1.54) is 0 Å². The first-order valence-corrected chi connectivity index (χ1v) is 9.08. The van der Waals surface area contributed by atoms with Gasteiger partial charge in [-0.2, -0.15) is 5.10 Å². The molecule has 1 aliphatic heterocycles. The lowest BCUT2D eigenvalue weighted by Gasteiger charge is -2.30. The third kappa shape index (κ3) is 3.91. The molecule has 27 heavy (non-hydrogen) atoms. The maximum atomic E-state index is 15.0. The van der Waals surface area contributed by atoms with Gasteiger partial charge in [-0.25, -0.2) is 14.1 Å². The Hall–Kier alpha value is -2.58. The average Bonchev–Trinajstić information content (AvgIpc) is 3.16. The third-order valence-corrected chi connectivity index (χ3v) is 4.78. The van der Waals surface area contributed by atoms with Crippen LogP contribution in [0, 0.1) is 0 Å². The number of methoxy groups -OCH3 is 1. The molecule has 1 saturated heterocycles. The zero-order chi connectivity index (χ0) is 18.7. The fourth-order valence-corrected chi connectivity index (χ4v) is 3.38. The van der Waals surface area contributed by atoms with Crippen LogP contribution in [0.5, 0.6) is 0 Å². The van der Waals surface area contributed by atoms with E-state index in [4.69, 9.17) is 9.72 Å². The van der Waals surface area contributed by atoms with Crippen molar-refractivity contribution in [1.29, 1.82) is 0 Å². The number of ether oxygens (including phenoxy) is 1. The van der Waals surface area contributed by atoms with Crippen LogP contribution >= 0.6 is 0 Å². The highest BCUT2D eigenvalue weighted by atomic mass is 19.1. The molecule has 0 radical (unpaired) electrons. The summed E-state index contributed by atoms with van der Waals surface area (Å²) in [5.74, 6) is 0.637. The number of piperidine rings is 1. The van der Waals surface area contributed by atoms with E-state index in [9.17, 15) is 4.39 Å². The van der Waals surface area contributed by atoms with Crippen LogP contribution in [0.1, 0.15) is 12.8 Å². The first kappa shape index (κ1) is 17.8. The minimum atomic E-state index is -1.27. The predicted molar refractivity (Wildman–Crippen MR) is 102 cm³/mol. The van der Waals surface area contributed by atoms with Crippen LogP contribution in [0.25, 0.3) is 22.2 Å². The summed E-state index contributed by atoms with van der Waals surface area (Å²) < 4.78 is 21.8. The summed E-state index contributed by atoms with van der Waals surface area (Å²) in [5.41, 5.74) is 1.13. The molecule has 1 fully saturated rings. The Morgan fingerprint density at radius 2 is 2.37 bits per heavy atom. The van der Waals surface area contributed by atoms with Gasteiger partial charge in [0.1, 0.15) is 18.2 Å². The van der Waals surface area contributed by atoms with E-state index in [2.05, 4.69) is 20.7 Å². The van der Waals surface area contributed by atoms with Crippen LogP contribution < -0.4 is 10.6 Å². The standard InChI is InChI=1S/C19H23FN6O/c1-27-13-26-10-14(9-24-26)16-8-17-15(4-2-7-22-17)18(25-16)23-12-19(20)5-3-6-21-11-19/h2,4,7-10,21H,3,5-6,11-13H2,1H3,(H,23,25)/t19-/m0/s1. The van der Waals surface area contributed by atoms with Crippen molar-refractivity contribution in [3.05, 3.63) is 36.8 Å². The summed E-state index contributed by atoms with van der Waals surface area (Å²) in [6.45, 7) is 1.81. The molecule has 0 aliphatic carbocycles. The van der Waals surface area contributed by atoms with Crippen molar-refractivity contribution < 1.29 is 9.13 Å². The molecule has 2 N–H and O–H groups in total. The van der Waals surface area contributed by atoms with Crippen LogP contribution in [0.4, 0.5) is 10.2 Å². The number of nitrogens with zero attached hydrogens (tertiary/aromatic N) is 4. The van der Waals surface area contributed by atoms with E-state index in [-0.39, 0.29) is 6.54 Å². The highest BCUT2D eigenvalue weighted by Gasteiger charge is 2.31. The number of anilines is 1. The van der Waals surface area contributed by atoms with E-state index in [0.717, 1.165) is 35.1 Å². The van der Waals surface area contributed by atoms with Crippen molar-refractivity contribution in [1.82, 2.24) is 25.1 Å². The average molecular weight is 370 g/mol. The summed E-state index contributed by atoms with van der Waals surface area (Å²) >= 11 is 0. The summed E-state index contributed by atoms with van der Waals surface area (Å²) in [6.07, 6.45) is 6.74. The molecular weight excluding hydrogens is 347 g/mol. The second-order valence-corrected chi connectivity index (χ2v) is 6.90. The molecule has 0 spiro atoms. The van der Waals surface area contributed by atoms with Gasteiger partial charge in [0, 0.05) is 37.0 Å². The van der Waals surface area contributed by atoms with Gasteiger partial charge in [0.15, 0.2) is 0 Å². The van der Waals surface area contributed by atoms with Gasteiger partial charge in [-0.3, -0.25) is 4.98 Å². The Morgan fingerprint density at radius 3 is 3.19 bits per heavy atom. The Balaban J connectivity index is 1.65. The molecule has 1 atom stereocenters. The zero-order valence-corrected chi connectivity index (χ0v) is 15.3. The maximum Gasteiger partial charge on any atom is 0.140 e. The number of hydrogen-bond donors (Lipinski definition) is 2. The number of pyridine rings is 2. The molecule has 0 aromatic carbocycles. The molecule has 1 aliphatic rings. The number of fused-ring (bicyclic) bond motifs is 1. The molecule has 4 rings (SSSR count). The van der Waals surface area contributed by atoms with Crippen LogP contribution in [-0.2, 0) is 11.5 Å². The van der Waals surface area contributed by atoms with Crippen LogP contribution in [0.2, 0.25) is 0 Å². The molecule has 4 heterocycles. The van der Waals surface area contributed by atoms with Gasteiger partial charge in [-0.1, -0.05) is 0 Å². The van der Waals surface area contributed by atoms with E-state index in [1.807, 2.05) is 24.4 Å². The van der Waals surface area contributed by atoms with E-state index >= 15 is 0 Å². The van der Waals surface area contributed by atoms with Crippen molar-refractivity contribution >= 4 is 16.7 Å². The Labute approximate surface area is 157 Å². The van der Waals surface area contributed by atoms with Crippen LogP contribution in [0.15, 0.2) is 36.8 Å². The quantitative estimate of drug-likeness (QED) is 0.695. The number of aromatic nitrogens is 4. The molecule has 3 aromatic rings. The fraction of sp³-hybridized carbons (Fsp3) is 0.421. The predicted octanol–water partition coefficient (Wildman–Crippen LogP) is 2.60. The van der Waals surface area contributed by atoms with Gasteiger partial charge in [0.25, 0.3) is 0 Å². The lowest BCUT2D eigenvalue weighted by atomic mass is 9.96. The van der Waals surface area contributed by atoms with E-state index in [0.29, 0.717) is 25.5 Å².